The molecule has 0 aliphatic rings. The molecule has 1 atom stereocenters. The molecule has 2 heterocycles. The van der Waals surface area contributed by atoms with Crippen molar-refractivity contribution in [2.45, 2.75) is 44.9 Å². The van der Waals surface area contributed by atoms with Crippen LogP contribution in [0.4, 0.5) is 5.13 Å². The highest BCUT2D eigenvalue weighted by Gasteiger charge is 2.37. The molecule has 0 unspecified atom stereocenters. The van der Waals surface area contributed by atoms with Crippen molar-refractivity contribution in [3.8, 4) is 11.3 Å². The second kappa shape index (κ2) is 10.5. The minimum atomic E-state index is -1.83. The van der Waals surface area contributed by atoms with Crippen molar-refractivity contribution in [3.63, 3.8) is 0 Å². The third-order valence-corrected chi connectivity index (χ3v) is 11.1. The number of amides is 1. The van der Waals surface area contributed by atoms with E-state index in [1.165, 1.54) is 11.3 Å². The Labute approximate surface area is 195 Å². The van der Waals surface area contributed by atoms with Gasteiger partial charge in [-0.3, -0.25) is 15.1 Å². The van der Waals surface area contributed by atoms with Crippen molar-refractivity contribution >= 4 is 30.7 Å². The molecule has 0 aliphatic heterocycles. The van der Waals surface area contributed by atoms with Gasteiger partial charge in [0.1, 0.15) is 6.04 Å². The molecule has 0 fully saturated rings. The Hall–Kier alpha value is -2.39. The standard InChI is InChI=1S/C24H32N4O2SSi/c1-24(2,3)32(4,5)30-16-15-26-21(19-9-7-6-8-10-19)22(29)28-23-27-20(17-31-23)18-11-13-25-14-12-18/h6-14,17,21,26H,15-16H2,1-5H3,(H,27,28,29)/t21-/m1/s1. The summed E-state index contributed by atoms with van der Waals surface area (Å²) in [5, 5.41) is 9.00. The van der Waals surface area contributed by atoms with Crippen LogP contribution < -0.4 is 10.6 Å². The van der Waals surface area contributed by atoms with Crippen LogP contribution in [0.5, 0.6) is 0 Å². The average molecular weight is 469 g/mol. The lowest BCUT2D eigenvalue weighted by atomic mass is 10.1. The summed E-state index contributed by atoms with van der Waals surface area (Å²) in [5.74, 6) is -0.140. The summed E-state index contributed by atoms with van der Waals surface area (Å²) in [6, 6.07) is 13.0. The molecule has 6 nitrogen and oxygen atoms in total. The Morgan fingerprint density at radius 1 is 1.12 bits per heavy atom. The van der Waals surface area contributed by atoms with E-state index in [0.717, 1.165) is 16.8 Å². The van der Waals surface area contributed by atoms with Gasteiger partial charge in [0.05, 0.1) is 5.69 Å². The fraction of sp³-hybridized carbons (Fsp3) is 0.375. The molecular formula is C24H32N4O2SSi. The second-order valence-electron chi connectivity index (χ2n) is 9.17. The average Bonchev–Trinajstić information content (AvgIpc) is 3.22. The van der Waals surface area contributed by atoms with Gasteiger partial charge in [0.15, 0.2) is 13.4 Å². The molecule has 1 amide bonds. The summed E-state index contributed by atoms with van der Waals surface area (Å²) in [6.45, 7) is 12.3. The highest BCUT2D eigenvalue weighted by atomic mass is 32.1. The lowest BCUT2D eigenvalue weighted by Gasteiger charge is -2.36. The first-order valence-electron chi connectivity index (χ1n) is 10.8. The Balaban J connectivity index is 1.65. The van der Waals surface area contributed by atoms with Crippen LogP contribution in [0.25, 0.3) is 11.3 Å². The molecule has 3 rings (SSSR count). The number of pyridine rings is 1. The van der Waals surface area contributed by atoms with E-state index >= 15 is 0 Å². The van der Waals surface area contributed by atoms with Crippen molar-refractivity contribution in [1.29, 1.82) is 0 Å². The maximum atomic E-state index is 13.2. The number of benzene rings is 1. The number of nitrogens with one attached hydrogen (secondary N) is 2. The van der Waals surface area contributed by atoms with Crippen molar-refractivity contribution in [3.05, 3.63) is 65.8 Å². The van der Waals surface area contributed by atoms with Crippen LogP contribution in [0.15, 0.2) is 60.2 Å². The van der Waals surface area contributed by atoms with Gasteiger partial charge < -0.3 is 9.74 Å². The molecule has 1 aromatic carbocycles. The quantitative estimate of drug-likeness (QED) is 0.320. The number of hydrogen-bond acceptors (Lipinski definition) is 6. The van der Waals surface area contributed by atoms with E-state index in [1.54, 1.807) is 12.4 Å². The molecule has 0 bridgehead atoms. The van der Waals surface area contributed by atoms with Gasteiger partial charge in [-0.25, -0.2) is 4.98 Å². The van der Waals surface area contributed by atoms with Crippen LogP contribution in [0.2, 0.25) is 18.1 Å². The highest BCUT2D eigenvalue weighted by Crippen LogP contribution is 2.36. The molecule has 0 saturated carbocycles. The zero-order valence-corrected chi connectivity index (χ0v) is 21.2. The van der Waals surface area contributed by atoms with Gasteiger partial charge in [-0.2, -0.15) is 0 Å². The summed E-state index contributed by atoms with van der Waals surface area (Å²) in [5.41, 5.74) is 2.69. The van der Waals surface area contributed by atoms with Crippen LogP contribution in [-0.2, 0) is 9.22 Å². The molecule has 2 aromatic heterocycles. The number of rotatable bonds is 9. The van der Waals surface area contributed by atoms with E-state index in [1.807, 2.05) is 47.8 Å². The first-order chi connectivity index (χ1) is 15.2. The smallest absolute Gasteiger partial charge is 0.247 e. The van der Waals surface area contributed by atoms with Crippen molar-refractivity contribution in [2.75, 3.05) is 18.5 Å². The van der Waals surface area contributed by atoms with E-state index in [4.69, 9.17) is 4.43 Å². The zero-order chi connectivity index (χ0) is 23.2. The predicted octanol–water partition coefficient (Wildman–Crippen LogP) is 5.50. The molecule has 170 valence electrons. The topological polar surface area (TPSA) is 76.1 Å². The predicted molar refractivity (Wildman–Crippen MR) is 134 cm³/mol. The number of hydrogen-bond donors (Lipinski definition) is 2. The maximum Gasteiger partial charge on any atom is 0.247 e. The van der Waals surface area contributed by atoms with Gasteiger partial charge in [0.25, 0.3) is 0 Å². The number of thiazole rings is 1. The van der Waals surface area contributed by atoms with E-state index in [0.29, 0.717) is 18.3 Å². The van der Waals surface area contributed by atoms with Gasteiger partial charge >= 0.3 is 0 Å². The van der Waals surface area contributed by atoms with Crippen molar-refractivity contribution in [2.24, 2.45) is 0 Å². The summed E-state index contributed by atoms with van der Waals surface area (Å²) in [7, 11) is -1.83. The lowest BCUT2D eigenvalue weighted by Crippen LogP contribution is -2.43. The lowest BCUT2D eigenvalue weighted by molar-refractivity contribution is -0.118. The monoisotopic (exact) mass is 468 g/mol. The summed E-state index contributed by atoms with van der Waals surface area (Å²) >= 11 is 1.41. The molecule has 0 saturated heterocycles. The SMILES string of the molecule is CC(C)(C)[Si](C)(C)OCCN[C@@H](C(=O)Nc1nc(-c2ccncc2)cs1)c1ccccc1. The first kappa shape index (κ1) is 24.3. The minimum Gasteiger partial charge on any atom is -0.416 e. The Kier molecular flexibility index (Phi) is 7.94. The summed E-state index contributed by atoms with van der Waals surface area (Å²) < 4.78 is 6.26. The molecule has 3 aromatic rings. The number of anilines is 1. The molecule has 0 aliphatic carbocycles. The maximum absolute atomic E-state index is 13.2. The van der Waals surface area contributed by atoms with Crippen LogP contribution in [0.3, 0.4) is 0 Å². The van der Waals surface area contributed by atoms with E-state index in [9.17, 15) is 4.79 Å². The van der Waals surface area contributed by atoms with Gasteiger partial charge in [-0.05, 0) is 35.8 Å². The first-order valence-corrected chi connectivity index (χ1v) is 14.6. The Morgan fingerprint density at radius 2 is 1.81 bits per heavy atom. The molecule has 2 N–H and O–H groups in total. The van der Waals surface area contributed by atoms with E-state index in [-0.39, 0.29) is 10.9 Å². The van der Waals surface area contributed by atoms with Gasteiger partial charge in [0, 0.05) is 36.5 Å². The number of carbonyl (C=O) groups is 1. The van der Waals surface area contributed by atoms with Crippen LogP contribution in [0, 0.1) is 0 Å². The van der Waals surface area contributed by atoms with Crippen molar-refractivity contribution < 1.29 is 9.22 Å². The largest absolute Gasteiger partial charge is 0.416 e. The molecule has 0 radical (unpaired) electrons. The number of nitrogens with zero attached hydrogens (tertiary/aromatic N) is 2. The van der Waals surface area contributed by atoms with Gasteiger partial charge in [-0.1, -0.05) is 51.1 Å². The minimum absolute atomic E-state index is 0.140. The number of aromatic nitrogens is 2. The normalized spacial score (nSPS) is 13.0. The number of carbonyl (C=O) groups excluding carboxylic acids is 1. The van der Waals surface area contributed by atoms with Gasteiger partial charge in [0.2, 0.25) is 5.91 Å². The van der Waals surface area contributed by atoms with Crippen LogP contribution in [0.1, 0.15) is 32.4 Å². The molecule has 32 heavy (non-hydrogen) atoms. The van der Waals surface area contributed by atoms with Gasteiger partial charge in [-0.15, -0.1) is 11.3 Å². The summed E-state index contributed by atoms with van der Waals surface area (Å²) in [4.78, 5) is 21.8. The van der Waals surface area contributed by atoms with E-state index < -0.39 is 14.4 Å². The zero-order valence-electron chi connectivity index (χ0n) is 19.4. The van der Waals surface area contributed by atoms with E-state index in [2.05, 4.69) is 54.5 Å². The van der Waals surface area contributed by atoms with Crippen molar-refractivity contribution in [1.82, 2.24) is 15.3 Å². The molecular weight excluding hydrogens is 436 g/mol. The second-order valence-corrected chi connectivity index (χ2v) is 14.8. The van der Waals surface area contributed by atoms with Crippen LogP contribution in [-0.4, -0.2) is 37.3 Å². The Bertz CT molecular complexity index is 1000. The molecule has 8 heteroatoms. The Morgan fingerprint density at radius 3 is 2.47 bits per heavy atom. The third kappa shape index (κ3) is 6.32. The fourth-order valence-corrected chi connectivity index (χ4v) is 4.67. The molecule has 0 spiro atoms. The fourth-order valence-electron chi connectivity index (χ4n) is 2.90. The third-order valence-electron chi connectivity index (χ3n) is 5.83. The highest BCUT2D eigenvalue weighted by molar-refractivity contribution is 7.14. The summed E-state index contributed by atoms with van der Waals surface area (Å²) in [6.07, 6.45) is 3.46. The van der Waals surface area contributed by atoms with Crippen LogP contribution >= 0.6 is 11.3 Å².